The van der Waals surface area contributed by atoms with E-state index in [1.54, 1.807) is 56.6 Å². The van der Waals surface area contributed by atoms with Gasteiger partial charge in [-0.15, -0.1) is 11.3 Å². The second-order valence-corrected chi connectivity index (χ2v) is 8.49. The third-order valence-corrected chi connectivity index (χ3v) is 6.40. The second kappa shape index (κ2) is 10.7. The van der Waals surface area contributed by atoms with Gasteiger partial charge in [-0.2, -0.15) is 0 Å². The zero-order valence-electron chi connectivity index (χ0n) is 19.3. The molecule has 0 unspecified atom stereocenters. The van der Waals surface area contributed by atoms with Gasteiger partial charge >= 0.3 is 0 Å². The van der Waals surface area contributed by atoms with Crippen molar-refractivity contribution in [3.05, 3.63) is 71.1 Å². The van der Waals surface area contributed by atoms with Crippen molar-refractivity contribution < 1.29 is 23.4 Å². The van der Waals surface area contributed by atoms with Gasteiger partial charge < -0.3 is 19.1 Å². The number of halogens is 1. The van der Waals surface area contributed by atoms with Crippen molar-refractivity contribution in [3.63, 3.8) is 0 Å². The Kier molecular flexibility index (Phi) is 7.44. The molecule has 7 nitrogen and oxygen atoms in total. The van der Waals surface area contributed by atoms with Crippen molar-refractivity contribution in [2.75, 3.05) is 41.0 Å². The first-order chi connectivity index (χ1) is 16.5. The zero-order valence-corrected chi connectivity index (χ0v) is 20.1. The number of amides is 1. The molecular formula is C25H26FN3O4S. The Labute approximate surface area is 201 Å². The van der Waals surface area contributed by atoms with E-state index in [9.17, 15) is 9.18 Å². The molecule has 0 aliphatic carbocycles. The maximum atomic E-state index is 13.3. The number of imidazole rings is 1. The highest BCUT2D eigenvalue weighted by Gasteiger charge is 2.19. The fourth-order valence-corrected chi connectivity index (χ4v) is 4.56. The first-order valence-corrected chi connectivity index (χ1v) is 11.6. The Balaban J connectivity index is 1.54. The summed E-state index contributed by atoms with van der Waals surface area (Å²) in [5.41, 5.74) is 3.17. The molecule has 2 aromatic heterocycles. The van der Waals surface area contributed by atoms with Gasteiger partial charge in [0.2, 0.25) is 0 Å². The molecule has 0 saturated heterocycles. The summed E-state index contributed by atoms with van der Waals surface area (Å²) < 4.78 is 31.2. The fraction of sp³-hybridized carbons (Fsp3) is 0.280. The number of nitrogens with zero attached hydrogens (tertiary/aromatic N) is 3. The molecule has 34 heavy (non-hydrogen) atoms. The van der Waals surface area contributed by atoms with Gasteiger partial charge in [0.05, 0.1) is 26.5 Å². The van der Waals surface area contributed by atoms with Crippen LogP contribution in [0.25, 0.3) is 16.2 Å². The molecule has 0 N–H and O–H groups in total. The minimum atomic E-state index is -0.278. The Morgan fingerprint density at radius 1 is 1.06 bits per heavy atom. The van der Waals surface area contributed by atoms with Crippen LogP contribution in [0.4, 0.5) is 4.39 Å². The number of methoxy groups -OCH3 is 3. The SMILES string of the molecule is COCCN(CCc1csc2nc(-c3ccc(F)cc3)cn12)C(=O)c1cc(OC)cc(OC)c1. The molecule has 4 aromatic rings. The quantitative estimate of drug-likeness (QED) is 0.331. The van der Waals surface area contributed by atoms with Crippen LogP contribution < -0.4 is 9.47 Å². The molecule has 0 atom stereocenters. The Bertz CT molecular complexity index is 1250. The van der Waals surface area contributed by atoms with Crippen LogP contribution in [0.5, 0.6) is 11.5 Å². The van der Waals surface area contributed by atoms with Crippen molar-refractivity contribution in [1.29, 1.82) is 0 Å². The van der Waals surface area contributed by atoms with Crippen molar-refractivity contribution in [3.8, 4) is 22.8 Å². The van der Waals surface area contributed by atoms with E-state index in [0.29, 0.717) is 43.2 Å². The van der Waals surface area contributed by atoms with Gasteiger partial charge in [0, 0.05) is 61.1 Å². The number of hydrogen-bond donors (Lipinski definition) is 0. The van der Waals surface area contributed by atoms with E-state index in [1.807, 2.05) is 16.0 Å². The molecule has 0 spiro atoms. The van der Waals surface area contributed by atoms with Gasteiger partial charge in [-0.05, 0) is 36.4 Å². The number of hydrogen-bond acceptors (Lipinski definition) is 6. The summed E-state index contributed by atoms with van der Waals surface area (Å²) in [5.74, 6) is 0.708. The molecule has 2 heterocycles. The Morgan fingerprint density at radius 2 is 1.76 bits per heavy atom. The van der Waals surface area contributed by atoms with E-state index in [0.717, 1.165) is 21.9 Å². The third-order valence-electron chi connectivity index (χ3n) is 5.51. The van der Waals surface area contributed by atoms with E-state index < -0.39 is 0 Å². The molecule has 2 aromatic carbocycles. The highest BCUT2D eigenvalue weighted by atomic mass is 32.1. The largest absolute Gasteiger partial charge is 0.497 e. The number of aromatic nitrogens is 2. The van der Waals surface area contributed by atoms with Gasteiger partial charge in [-0.3, -0.25) is 9.20 Å². The van der Waals surface area contributed by atoms with Crippen LogP contribution >= 0.6 is 11.3 Å². The summed E-state index contributed by atoms with van der Waals surface area (Å²) in [6, 6.07) is 11.4. The topological polar surface area (TPSA) is 65.3 Å². The van der Waals surface area contributed by atoms with E-state index in [-0.39, 0.29) is 11.7 Å². The average molecular weight is 484 g/mol. The standard InChI is InChI=1S/C25H26FN3O4S/c1-31-11-10-28(24(30)18-12-21(32-2)14-22(13-18)33-3)9-8-20-16-34-25-27-23(15-29(20)25)17-4-6-19(26)7-5-17/h4-7,12-16H,8-11H2,1-3H3. The van der Waals surface area contributed by atoms with Crippen molar-refractivity contribution in [2.24, 2.45) is 0 Å². The summed E-state index contributed by atoms with van der Waals surface area (Å²) >= 11 is 1.53. The number of benzene rings is 2. The first kappa shape index (κ1) is 23.7. The average Bonchev–Trinajstić information content (AvgIpc) is 3.45. The van der Waals surface area contributed by atoms with Crippen LogP contribution in [0.3, 0.4) is 0 Å². The zero-order chi connectivity index (χ0) is 24.1. The molecule has 1 amide bonds. The normalized spacial score (nSPS) is 11.1. The number of thiazole rings is 1. The van der Waals surface area contributed by atoms with Crippen LogP contribution in [0.2, 0.25) is 0 Å². The maximum Gasteiger partial charge on any atom is 0.254 e. The number of carbonyl (C=O) groups is 1. The second-order valence-electron chi connectivity index (χ2n) is 7.65. The van der Waals surface area contributed by atoms with Crippen LogP contribution in [0, 0.1) is 5.82 Å². The molecular weight excluding hydrogens is 457 g/mol. The van der Waals surface area contributed by atoms with Gasteiger partial charge in [-0.1, -0.05) is 0 Å². The maximum absolute atomic E-state index is 13.3. The summed E-state index contributed by atoms with van der Waals surface area (Å²) in [6.07, 6.45) is 2.58. The summed E-state index contributed by atoms with van der Waals surface area (Å²) in [5, 5.41) is 2.05. The monoisotopic (exact) mass is 483 g/mol. The molecule has 4 rings (SSSR count). The smallest absolute Gasteiger partial charge is 0.254 e. The van der Waals surface area contributed by atoms with E-state index in [4.69, 9.17) is 14.2 Å². The highest BCUT2D eigenvalue weighted by molar-refractivity contribution is 7.15. The third kappa shape index (κ3) is 5.21. The summed E-state index contributed by atoms with van der Waals surface area (Å²) in [7, 11) is 4.72. The molecule has 178 valence electrons. The molecule has 0 aliphatic rings. The Morgan fingerprint density at radius 3 is 2.41 bits per heavy atom. The van der Waals surface area contributed by atoms with Crippen molar-refractivity contribution in [2.45, 2.75) is 6.42 Å². The van der Waals surface area contributed by atoms with Crippen LogP contribution in [0.15, 0.2) is 54.0 Å². The molecule has 0 bridgehead atoms. The van der Waals surface area contributed by atoms with Crippen LogP contribution in [-0.4, -0.2) is 61.2 Å². The predicted molar refractivity (Wildman–Crippen MR) is 129 cm³/mol. The molecule has 0 saturated carbocycles. The molecule has 0 aliphatic heterocycles. The van der Waals surface area contributed by atoms with Crippen LogP contribution in [-0.2, 0) is 11.2 Å². The predicted octanol–water partition coefficient (Wildman–Crippen LogP) is 4.55. The highest BCUT2D eigenvalue weighted by Crippen LogP contribution is 2.26. The lowest BCUT2D eigenvalue weighted by Gasteiger charge is -2.23. The fourth-order valence-electron chi connectivity index (χ4n) is 3.65. The number of rotatable bonds is 10. The molecule has 0 radical (unpaired) electrons. The van der Waals surface area contributed by atoms with Gasteiger partial charge in [0.1, 0.15) is 17.3 Å². The van der Waals surface area contributed by atoms with Crippen molar-refractivity contribution >= 4 is 22.2 Å². The molecule has 9 heteroatoms. The lowest BCUT2D eigenvalue weighted by atomic mass is 10.1. The number of carbonyl (C=O) groups excluding carboxylic acids is 1. The van der Waals surface area contributed by atoms with Gasteiger partial charge in [-0.25, -0.2) is 9.37 Å². The lowest BCUT2D eigenvalue weighted by Crippen LogP contribution is -2.35. The van der Waals surface area contributed by atoms with E-state index in [2.05, 4.69) is 4.98 Å². The first-order valence-electron chi connectivity index (χ1n) is 10.7. The summed E-state index contributed by atoms with van der Waals surface area (Å²) in [6.45, 7) is 1.37. The van der Waals surface area contributed by atoms with E-state index >= 15 is 0 Å². The molecule has 0 fully saturated rings. The Hall–Kier alpha value is -3.43. The summed E-state index contributed by atoms with van der Waals surface area (Å²) in [4.78, 5) is 20.6. The van der Waals surface area contributed by atoms with Gasteiger partial charge in [0.15, 0.2) is 4.96 Å². The minimum Gasteiger partial charge on any atom is -0.497 e. The lowest BCUT2D eigenvalue weighted by molar-refractivity contribution is 0.0696. The number of ether oxygens (including phenoxy) is 3. The van der Waals surface area contributed by atoms with Crippen LogP contribution in [0.1, 0.15) is 16.1 Å². The number of fused-ring (bicyclic) bond motifs is 1. The van der Waals surface area contributed by atoms with E-state index in [1.165, 1.54) is 23.5 Å². The minimum absolute atomic E-state index is 0.127. The van der Waals surface area contributed by atoms with Crippen molar-refractivity contribution in [1.82, 2.24) is 14.3 Å². The van der Waals surface area contributed by atoms with Gasteiger partial charge in [0.25, 0.3) is 5.91 Å².